The number of nitrogens with zero attached hydrogens (tertiary/aromatic N) is 1. The van der Waals surface area contributed by atoms with Crippen molar-refractivity contribution < 1.29 is 14.0 Å². The second kappa shape index (κ2) is 4.14. The Bertz CT molecular complexity index is 494. The molecule has 1 heterocycles. The van der Waals surface area contributed by atoms with Gasteiger partial charge < -0.3 is 19.7 Å². The predicted octanol–water partition coefficient (Wildman–Crippen LogP) is 1.94. The molecule has 5 nitrogen and oxygen atoms in total. The van der Waals surface area contributed by atoms with Gasteiger partial charge >= 0.3 is 0 Å². The molecular formula is C11H12N2O3. The Morgan fingerprint density at radius 2 is 2.06 bits per heavy atom. The second-order valence-corrected chi connectivity index (χ2v) is 3.18. The minimum Gasteiger partial charge on any atom is -0.497 e. The molecule has 0 saturated carbocycles. The minimum atomic E-state index is 0.475. The van der Waals surface area contributed by atoms with Crippen LogP contribution in [0, 0.1) is 0 Å². The third kappa shape index (κ3) is 1.67. The Morgan fingerprint density at radius 3 is 2.62 bits per heavy atom. The summed E-state index contributed by atoms with van der Waals surface area (Å²) < 4.78 is 15.4. The molecule has 0 spiro atoms. The van der Waals surface area contributed by atoms with Gasteiger partial charge in [-0.25, -0.2) is 0 Å². The van der Waals surface area contributed by atoms with Crippen molar-refractivity contribution in [3.05, 3.63) is 24.4 Å². The molecule has 0 amide bonds. The molecule has 1 aromatic heterocycles. The fraction of sp³-hybridized carbons (Fsp3) is 0.182. The van der Waals surface area contributed by atoms with Gasteiger partial charge in [0.15, 0.2) is 5.76 Å². The first-order valence-electron chi connectivity index (χ1n) is 4.69. The van der Waals surface area contributed by atoms with Crippen LogP contribution in [0.25, 0.3) is 11.3 Å². The van der Waals surface area contributed by atoms with Gasteiger partial charge in [-0.2, -0.15) is 0 Å². The summed E-state index contributed by atoms with van der Waals surface area (Å²) in [5.74, 6) is 1.83. The summed E-state index contributed by atoms with van der Waals surface area (Å²) in [6.45, 7) is 0. The zero-order valence-corrected chi connectivity index (χ0v) is 9.06. The maximum atomic E-state index is 5.72. The number of nitrogen functional groups attached to an aromatic ring is 1. The number of methoxy groups -OCH3 is 2. The molecule has 84 valence electrons. The van der Waals surface area contributed by atoms with Crippen molar-refractivity contribution in [2.45, 2.75) is 0 Å². The van der Waals surface area contributed by atoms with Crippen LogP contribution in [0.15, 0.2) is 28.9 Å². The van der Waals surface area contributed by atoms with Gasteiger partial charge in [0.25, 0.3) is 0 Å². The van der Waals surface area contributed by atoms with Crippen molar-refractivity contribution in [1.29, 1.82) is 0 Å². The van der Waals surface area contributed by atoms with Crippen LogP contribution in [0.4, 0.5) is 5.69 Å². The topological polar surface area (TPSA) is 70.5 Å². The van der Waals surface area contributed by atoms with Crippen LogP contribution in [0.5, 0.6) is 11.5 Å². The average Bonchev–Trinajstić information content (AvgIpc) is 2.74. The first-order valence-corrected chi connectivity index (χ1v) is 4.69. The van der Waals surface area contributed by atoms with E-state index in [1.165, 1.54) is 6.20 Å². The smallest absolute Gasteiger partial charge is 0.193 e. The predicted molar refractivity (Wildman–Crippen MR) is 59.5 cm³/mol. The number of hydrogen-bond acceptors (Lipinski definition) is 5. The number of benzene rings is 1. The van der Waals surface area contributed by atoms with E-state index in [1.807, 2.05) is 6.07 Å². The van der Waals surface area contributed by atoms with Crippen LogP contribution in [-0.4, -0.2) is 19.4 Å². The summed E-state index contributed by atoms with van der Waals surface area (Å²) in [7, 11) is 3.17. The van der Waals surface area contributed by atoms with Crippen LogP contribution < -0.4 is 15.2 Å². The second-order valence-electron chi connectivity index (χ2n) is 3.18. The molecule has 0 aliphatic heterocycles. The SMILES string of the molecule is COc1ccc(-c2oncc2N)c(OC)c1. The quantitative estimate of drug-likeness (QED) is 0.855. The van der Waals surface area contributed by atoms with Crippen LogP contribution >= 0.6 is 0 Å². The van der Waals surface area contributed by atoms with Gasteiger partial charge in [-0.1, -0.05) is 5.16 Å². The van der Waals surface area contributed by atoms with Crippen LogP contribution in [0.3, 0.4) is 0 Å². The van der Waals surface area contributed by atoms with Crippen molar-refractivity contribution in [2.24, 2.45) is 0 Å². The van der Waals surface area contributed by atoms with Gasteiger partial charge in [-0.3, -0.25) is 0 Å². The van der Waals surface area contributed by atoms with Crippen molar-refractivity contribution in [3.8, 4) is 22.8 Å². The van der Waals surface area contributed by atoms with Gasteiger partial charge in [-0.15, -0.1) is 0 Å². The van der Waals surface area contributed by atoms with Gasteiger partial charge in [0.1, 0.15) is 17.2 Å². The van der Waals surface area contributed by atoms with E-state index in [2.05, 4.69) is 5.16 Å². The lowest BCUT2D eigenvalue weighted by molar-refractivity contribution is 0.391. The van der Waals surface area contributed by atoms with E-state index in [4.69, 9.17) is 19.7 Å². The zero-order chi connectivity index (χ0) is 11.5. The number of nitrogens with two attached hydrogens (primary N) is 1. The maximum Gasteiger partial charge on any atom is 0.193 e. The third-order valence-electron chi connectivity index (χ3n) is 2.25. The minimum absolute atomic E-state index is 0.475. The molecule has 0 unspecified atom stereocenters. The van der Waals surface area contributed by atoms with Gasteiger partial charge in [0.05, 0.1) is 26.0 Å². The summed E-state index contributed by atoms with van der Waals surface area (Å²) in [6, 6.07) is 5.38. The molecule has 0 atom stereocenters. The largest absolute Gasteiger partial charge is 0.497 e. The molecule has 2 aromatic rings. The van der Waals surface area contributed by atoms with Crippen LogP contribution in [0.1, 0.15) is 0 Å². The molecule has 0 bridgehead atoms. The highest BCUT2D eigenvalue weighted by Crippen LogP contribution is 2.35. The molecule has 0 saturated heterocycles. The molecule has 5 heteroatoms. The van der Waals surface area contributed by atoms with E-state index in [0.717, 1.165) is 5.56 Å². The Hall–Kier alpha value is -2.17. The lowest BCUT2D eigenvalue weighted by Gasteiger charge is -2.08. The molecular weight excluding hydrogens is 208 g/mol. The first kappa shape index (κ1) is 10.4. The average molecular weight is 220 g/mol. The van der Waals surface area contributed by atoms with Gasteiger partial charge in [-0.05, 0) is 12.1 Å². The number of rotatable bonds is 3. The normalized spacial score (nSPS) is 10.1. The summed E-state index contributed by atoms with van der Waals surface area (Å²) in [5.41, 5.74) is 6.95. The number of hydrogen-bond donors (Lipinski definition) is 1. The van der Waals surface area contributed by atoms with Crippen LogP contribution in [0.2, 0.25) is 0 Å². The Balaban J connectivity index is 2.53. The van der Waals surface area contributed by atoms with E-state index in [1.54, 1.807) is 26.4 Å². The van der Waals surface area contributed by atoms with Gasteiger partial charge in [0, 0.05) is 6.07 Å². The number of aromatic nitrogens is 1. The first-order chi connectivity index (χ1) is 7.76. The van der Waals surface area contributed by atoms with Crippen molar-refractivity contribution >= 4 is 5.69 Å². The molecule has 16 heavy (non-hydrogen) atoms. The lowest BCUT2D eigenvalue weighted by Crippen LogP contribution is -1.91. The van der Waals surface area contributed by atoms with Crippen molar-refractivity contribution in [2.75, 3.05) is 20.0 Å². The fourth-order valence-corrected chi connectivity index (χ4v) is 1.44. The van der Waals surface area contributed by atoms with E-state index < -0.39 is 0 Å². The Morgan fingerprint density at radius 1 is 1.25 bits per heavy atom. The monoisotopic (exact) mass is 220 g/mol. The Labute approximate surface area is 92.8 Å². The maximum absolute atomic E-state index is 5.72. The lowest BCUT2D eigenvalue weighted by atomic mass is 10.1. The van der Waals surface area contributed by atoms with E-state index in [-0.39, 0.29) is 0 Å². The summed E-state index contributed by atoms with van der Waals surface area (Å²) in [5, 5.41) is 3.63. The fourth-order valence-electron chi connectivity index (χ4n) is 1.44. The molecule has 2 rings (SSSR count). The van der Waals surface area contributed by atoms with Crippen molar-refractivity contribution in [3.63, 3.8) is 0 Å². The standard InChI is InChI=1S/C11H12N2O3/c1-14-7-3-4-8(10(5-7)15-2)11-9(12)6-13-16-11/h3-6H,12H2,1-2H3. The molecule has 0 aliphatic carbocycles. The molecule has 2 N–H and O–H groups in total. The number of anilines is 1. The molecule has 0 aliphatic rings. The Kier molecular flexibility index (Phi) is 2.68. The van der Waals surface area contributed by atoms with Crippen molar-refractivity contribution in [1.82, 2.24) is 5.16 Å². The highest BCUT2D eigenvalue weighted by Gasteiger charge is 2.14. The summed E-state index contributed by atoms with van der Waals surface area (Å²) >= 11 is 0. The van der Waals surface area contributed by atoms with E-state index in [9.17, 15) is 0 Å². The summed E-state index contributed by atoms with van der Waals surface area (Å²) in [6.07, 6.45) is 1.46. The third-order valence-corrected chi connectivity index (χ3v) is 2.25. The highest BCUT2D eigenvalue weighted by molar-refractivity contribution is 5.75. The van der Waals surface area contributed by atoms with Crippen LogP contribution in [-0.2, 0) is 0 Å². The molecule has 0 radical (unpaired) electrons. The zero-order valence-electron chi connectivity index (χ0n) is 9.06. The molecule has 0 fully saturated rings. The van der Waals surface area contributed by atoms with E-state index in [0.29, 0.717) is 22.9 Å². The number of ether oxygens (including phenoxy) is 2. The molecule has 1 aromatic carbocycles. The highest BCUT2D eigenvalue weighted by atomic mass is 16.5. The summed E-state index contributed by atoms with van der Waals surface area (Å²) in [4.78, 5) is 0. The van der Waals surface area contributed by atoms with E-state index >= 15 is 0 Å². The van der Waals surface area contributed by atoms with Gasteiger partial charge in [0.2, 0.25) is 0 Å².